The third-order valence-electron chi connectivity index (χ3n) is 5.21. The van der Waals surface area contributed by atoms with Crippen LogP contribution >= 0.6 is 23.2 Å². The molecule has 0 radical (unpaired) electrons. The first-order chi connectivity index (χ1) is 14.0. The third-order valence-corrected chi connectivity index (χ3v) is 5.95. The number of hydrogen-bond donors (Lipinski definition) is 2. The zero-order valence-electron chi connectivity index (χ0n) is 15.5. The van der Waals surface area contributed by atoms with Crippen LogP contribution in [0, 0.1) is 5.92 Å². The Morgan fingerprint density at radius 3 is 2.83 bits per heavy atom. The first-order valence-corrected chi connectivity index (χ1v) is 10.2. The van der Waals surface area contributed by atoms with Crippen molar-refractivity contribution in [3.8, 4) is 0 Å². The minimum atomic E-state index is -0.568. The number of fused-ring (bicyclic) bond motifs is 1. The highest BCUT2D eigenvalue weighted by Crippen LogP contribution is 2.31. The quantitative estimate of drug-likeness (QED) is 0.686. The van der Waals surface area contributed by atoms with E-state index in [-0.39, 0.29) is 24.5 Å². The number of amidine groups is 1. The van der Waals surface area contributed by atoms with Gasteiger partial charge in [-0.15, -0.1) is 0 Å². The number of hydrogen-bond acceptors (Lipinski definition) is 3. The largest absolute Gasteiger partial charge is 0.467 e. The summed E-state index contributed by atoms with van der Waals surface area (Å²) in [7, 11) is 0. The summed E-state index contributed by atoms with van der Waals surface area (Å²) in [5, 5.41) is 6.48. The number of aliphatic imine (C=N–C) groups is 1. The molecule has 2 unspecified atom stereocenters. The lowest BCUT2D eigenvalue weighted by Crippen LogP contribution is -2.60. The van der Waals surface area contributed by atoms with Gasteiger partial charge < -0.3 is 15.1 Å². The minimum Gasteiger partial charge on any atom is -0.467 e. The molecule has 7 nitrogen and oxygen atoms in total. The van der Waals surface area contributed by atoms with Gasteiger partial charge in [-0.25, -0.2) is 9.59 Å². The number of anilines is 1. The number of benzene rings is 1. The normalized spacial score (nSPS) is 22.9. The number of carbonyl (C=O) groups is 2. The molecule has 2 aromatic rings. The fourth-order valence-corrected chi connectivity index (χ4v) is 4.14. The first kappa shape index (κ1) is 19.8. The molecule has 9 heteroatoms. The van der Waals surface area contributed by atoms with Gasteiger partial charge in [0.25, 0.3) is 0 Å². The summed E-state index contributed by atoms with van der Waals surface area (Å²) in [4.78, 5) is 31.2. The molecule has 2 N–H and O–H groups in total. The van der Waals surface area contributed by atoms with Crippen LogP contribution in [0.4, 0.5) is 15.3 Å². The number of nitrogens with one attached hydrogen (secondary N) is 2. The van der Waals surface area contributed by atoms with Crippen molar-refractivity contribution < 1.29 is 14.0 Å². The minimum absolute atomic E-state index is 0.0133. The van der Waals surface area contributed by atoms with E-state index in [0.29, 0.717) is 27.3 Å². The average Bonchev–Trinajstić information content (AvgIpc) is 3.20. The molecule has 4 amide bonds. The predicted octanol–water partition coefficient (Wildman–Crippen LogP) is 5.30. The molecule has 2 heterocycles. The molecule has 2 atom stereocenters. The summed E-state index contributed by atoms with van der Waals surface area (Å²) in [6, 6.07) is 7.49. The van der Waals surface area contributed by atoms with Crippen LogP contribution in [0.3, 0.4) is 0 Å². The van der Waals surface area contributed by atoms with Gasteiger partial charge in [-0.1, -0.05) is 36.0 Å². The molecule has 0 bridgehead atoms. The molecule has 1 aromatic carbocycles. The molecular weight excluding hydrogens is 415 g/mol. The zero-order valence-corrected chi connectivity index (χ0v) is 17.0. The lowest BCUT2D eigenvalue weighted by atomic mass is 9.82. The Morgan fingerprint density at radius 1 is 1.24 bits per heavy atom. The molecule has 1 aliphatic heterocycles. The molecular formula is C20H20Cl2N4O3. The number of furan rings is 1. The Kier molecular flexibility index (Phi) is 5.78. The third kappa shape index (κ3) is 4.41. The van der Waals surface area contributed by atoms with Crippen LogP contribution in [0.5, 0.6) is 0 Å². The van der Waals surface area contributed by atoms with Crippen molar-refractivity contribution in [3.05, 3.63) is 52.4 Å². The first-order valence-electron chi connectivity index (χ1n) is 9.46. The van der Waals surface area contributed by atoms with Crippen LogP contribution in [-0.2, 0) is 6.54 Å². The molecule has 2 fully saturated rings. The smallest absolute Gasteiger partial charge is 0.347 e. The number of nitrogens with zero attached hydrogens (tertiary/aromatic N) is 2. The van der Waals surface area contributed by atoms with Gasteiger partial charge in [0.05, 0.1) is 22.9 Å². The van der Waals surface area contributed by atoms with E-state index in [1.54, 1.807) is 36.6 Å². The predicted molar refractivity (Wildman–Crippen MR) is 111 cm³/mol. The highest BCUT2D eigenvalue weighted by atomic mass is 35.5. The Labute approximate surface area is 178 Å². The lowest BCUT2D eigenvalue weighted by molar-refractivity contribution is 0.184. The topological polar surface area (TPSA) is 86.9 Å². The van der Waals surface area contributed by atoms with E-state index in [1.165, 1.54) is 4.90 Å². The number of urea groups is 2. The van der Waals surface area contributed by atoms with Crippen LogP contribution in [0.25, 0.3) is 0 Å². The van der Waals surface area contributed by atoms with Crippen LogP contribution in [0.15, 0.2) is 46.0 Å². The van der Waals surface area contributed by atoms with Gasteiger partial charge in [0, 0.05) is 17.6 Å². The van der Waals surface area contributed by atoms with Crippen molar-refractivity contribution in [1.29, 1.82) is 0 Å². The Hall–Kier alpha value is -2.51. The molecule has 2 aliphatic rings. The summed E-state index contributed by atoms with van der Waals surface area (Å²) < 4.78 is 5.39. The summed E-state index contributed by atoms with van der Waals surface area (Å²) in [5.41, 5.74) is 0.479. The number of carbonyl (C=O) groups excluding carboxylic acids is 2. The molecule has 1 saturated carbocycles. The molecule has 1 saturated heterocycles. The van der Waals surface area contributed by atoms with Crippen LogP contribution < -0.4 is 10.6 Å². The van der Waals surface area contributed by atoms with E-state index in [0.717, 1.165) is 25.7 Å². The van der Waals surface area contributed by atoms with Gasteiger partial charge in [0.15, 0.2) is 0 Å². The number of amides is 4. The highest BCUT2D eigenvalue weighted by molar-refractivity contribution is 6.42. The maximum Gasteiger partial charge on any atom is 0.347 e. The highest BCUT2D eigenvalue weighted by Gasteiger charge is 2.41. The second-order valence-corrected chi connectivity index (χ2v) is 7.96. The maximum absolute atomic E-state index is 12.7. The summed E-state index contributed by atoms with van der Waals surface area (Å²) in [6.07, 6.45) is 5.35. The average molecular weight is 435 g/mol. The standard InChI is InChI=1S/C20H20Cl2N4O3/c21-15-8-7-12(10-16(15)22)23-19(27)25-18-14-5-1-2-6-17(14)24-20(28)26(18)11-13-4-3-9-29-13/h3-4,7-10,14,17H,1-2,5-6,11H2,(H,23,27)(H,24,28)/b25-18+. The Balaban J connectivity index is 1.61. The second-order valence-electron chi connectivity index (χ2n) is 7.14. The van der Waals surface area contributed by atoms with Gasteiger partial charge in [-0.05, 0) is 43.2 Å². The van der Waals surface area contributed by atoms with E-state index in [4.69, 9.17) is 27.6 Å². The molecule has 29 heavy (non-hydrogen) atoms. The van der Waals surface area contributed by atoms with E-state index in [1.807, 2.05) is 0 Å². The molecule has 0 spiro atoms. The van der Waals surface area contributed by atoms with Crippen molar-refractivity contribution in [3.63, 3.8) is 0 Å². The molecule has 1 aromatic heterocycles. The van der Waals surface area contributed by atoms with Crippen molar-refractivity contribution in [2.75, 3.05) is 5.32 Å². The van der Waals surface area contributed by atoms with Gasteiger partial charge >= 0.3 is 12.1 Å². The monoisotopic (exact) mass is 434 g/mol. The van der Waals surface area contributed by atoms with E-state index >= 15 is 0 Å². The van der Waals surface area contributed by atoms with Gasteiger partial charge in [-0.3, -0.25) is 4.90 Å². The Bertz CT molecular complexity index is 945. The summed E-state index contributed by atoms with van der Waals surface area (Å²) in [5.74, 6) is 1.07. The molecule has 152 valence electrons. The number of rotatable bonds is 3. The zero-order chi connectivity index (χ0) is 20.4. The fraction of sp³-hybridized carbons (Fsp3) is 0.350. The van der Waals surface area contributed by atoms with Gasteiger partial charge in [0.2, 0.25) is 0 Å². The van der Waals surface area contributed by atoms with Crippen molar-refractivity contribution in [1.82, 2.24) is 10.2 Å². The van der Waals surface area contributed by atoms with E-state index < -0.39 is 6.03 Å². The van der Waals surface area contributed by atoms with Crippen molar-refractivity contribution in [2.45, 2.75) is 38.3 Å². The van der Waals surface area contributed by atoms with Crippen LogP contribution in [0.2, 0.25) is 10.0 Å². The Morgan fingerprint density at radius 2 is 2.07 bits per heavy atom. The number of halogens is 2. The molecule has 4 rings (SSSR count). The van der Waals surface area contributed by atoms with Gasteiger partial charge in [-0.2, -0.15) is 4.99 Å². The van der Waals surface area contributed by atoms with Gasteiger partial charge in [0.1, 0.15) is 11.6 Å². The van der Waals surface area contributed by atoms with Crippen molar-refractivity contribution >= 4 is 46.8 Å². The second kappa shape index (κ2) is 8.47. The van der Waals surface area contributed by atoms with Crippen LogP contribution in [-0.4, -0.2) is 28.8 Å². The van der Waals surface area contributed by atoms with E-state index in [2.05, 4.69) is 15.6 Å². The summed E-state index contributed by atoms with van der Waals surface area (Å²) >= 11 is 11.9. The van der Waals surface area contributed by atoms with Crippen LogP contribution in [0.1, 0.15) is 31.4 Å². The van der Waals surface area contributed by atoms with E-state index in [9.17, 15) is 9.59 Å². The maximum atomic E-state index is 12.7. The fourth-order valence-electron chi connectivity index (χ4n) is 3.84. The van der Waals surface area contributed by atoms with Crippen molar-refractivity contribution in [2.24, 2.45) is 10.9 Å². The molecule has 1 aliphatic carbocycles. The lowest BCUT2D eigenvalue weighted by Gasteiger charge is -2.42. The SMILES string of the molecule is O=C(/N=C1\C2CCCCC2NC(=O)N1Cc1ccco1)Nc1ccc(Cl)c(Cl)c1. The summed E-state index contributed by atoms with van der Waals surface area (Å²) in [6.45, 7) is 0.209.